The first-order valence-electron chi connectivity index (χ1n) is 14.7. The van der Waals surface area contributed by atoms with Crippen LogP contribution in [0.4, 0.5) is 0 Å². The van der Waals surface area contributed by atoms with E-state index in [0.717, 1.165) is 5.56 Å². The number of aliphatic hydroxyl groups is 7. The minimum Gasteiger partial charge on any atom is -0.508 e. The molecule has 0 aliphatic carbocycles. The second-order valence-corrected chi connectivity index (χ2v) is 12.6. The van der Waals surface area contributed by atoms with Gasteiger partial charge in [0.25, 0.3) is 0 Å². The molecule has 2 fully saturated rings. The summed E-state index contributed by atoms with van der Waals surface area (Å²) in [5.41, 5.74) is -1.28. The number of aliphatic hydroxyl groups excluding tert-OH is 7. The van der Waals surface area contributed by atoms with Crippen molar-refractivity contribution < 1.29 is 64.9 Å². The zero-order valence-electron chi connectivity index (χ0n) is 25.5. The Balaban J connectivity index is 1.44. The molecule has 2 saturated heterocycles. The summed E-state index contributed by atoms with van der Waals surface area (Å²) < 4.78 is 23.9. The van der Waals surface area contributed by atoms with Crippen molar-refractivity contribution in [3.63, 3.8) is 0 Å². The highest BCUT2D eigenvalue weighted by Crippen LogP contribution is 2.37. The van der Waals surface area contributed by atoms with Gasteiger partial charge in [0, 0.05) is 6.07 Å². The van der Waals surface area contributed by atoms with Gasteiger partial charge >= 0.3 is 0 Å². The summed E-state index contributed by atoms with van der Waals surface area (Å²) in [5, 5.41) is 92.4. The van der Waals surface area contributed by atoms with Gasteiger partial charge in [-0.2, -0.15) is 0 Å². The second-order valence-electron chi connectivity index (χ2n) is 12.6. The number of aromatic hydroxyl groups is 2. The molecule has 0 spiro atoms. The summed E-state index contributed by atoms with van der Waals surface area (Å²) in [5.74, 6) is 0.313. The minimum absolute atomic E-state index is 0.0586. The number of hydrogen-bond donors (Lipinski definition) is 9. The Morgan fingerprint density at radius 1 is 0.644 bits per heavy atom. The first kappa shape index (κ1) is 35.0. The van der Waals surface area contributed by atoms with Crippen molar-refractivity contribution in [1.29, 1.82) is 0 Å². The van der Waals surface area contributed by atoms with Crippen molar-refractivity contribution in [2.24, 2.45) is 0 Å². The quantitative estimate of drug-likeness (QED) is 0.156. The second kappa shape index (κ2) is 13.9. The fraction of sp³-hybridized carbons (Fsp3) is 0.562. The standard InChI is InChI=1S/C32H44O13/c1-31(2,44-20-9-7-16(8-10-20)5-6-17-11-18(35)13-19(36)12-17)30-27(41)25(39)28(22(15-34)43-30)45-32(3,4)29-26(40)24(38)23(37)21(14-33)42-29/h5-13,21-30,33-41H,14-15H2,1-4H3/b6-5+. The van der Waals surface area contributed by atoms with E-state index in [2.05, 4.69) is 0 Å². The molecule has 2 heterocycles. The van der Waals surface area contributed by atoms with Crippen LogP contribution in [0.25, 0.3) is 12.2 Å². The van der Waals surface area contributed by atoms with Crippen molar-refractivity contribution in [2.75, 3.05) is 13.2 Å². The molecule has 45 heavy (non-hydrogen) atoms. The predicted octanol–water partition coefficient (Wildman–Crippen LogP) is -0.0867. The summed E-state index contributed by atoms with van der Waals surface area (Å²) in [7, 11) is 0. The average molecular weight is 637 g/mol. The molecule has 10 unspecified atom stereocenters. The summed E-state index contributed by atoms with van der Waals surface area (Å²) in [6, 6.07) is 11.2. The molecule has 0 aromatic heterocycles. The molecule has 4 rings (SSSR count). The number of phenols is 2. The Hall–Kier alpha value is -2.82. The number of benzene rings is 2. The van der Waals surface area contributed by atoms with Crippen molar-refractivity contribution in [1.82, 2.24) is 0 Å². The molecule has 2 aliphatic heterocycles. The van der Waals surface area contributed by atoms with Crippen LogP contribution in [-0.2, 0) is 14.2 Å². The van der Waals surface area contributed by atoms with Gasteiger partial charge in [0.15, 0.2) is 0 Å². The van der Waals surface area contributed by atoms with E-state index in [4.69, 9.17) is 18.9 Å². The molecule has 9 N–H and O–H groups in total. The van der Waals surface area contributed by atoms with E-state index >= 15 is 0 Å². The van der Waals surface area contributed by atoms with Gasteiger partial charge in [0.2, 0.25) is 0 Å². The van der Waals surface area contributed by atoms with Gasteiger partial charge in [-0.1, -0.05) is 24.3 Å². The maximum Gasteiger partial charge on any atom is 0.132 e. The molecule has 13 heteroatoms. The zero-order valence-corrected chi connectivity index (χ0v) is 25.5. The summed E-state index contributed by atoms with van der Waals surface area (Å²) in [6.07, 6.45) is -10.5. The van der Waals surface area contributed by atoms with Crippen LogP contribution in [0.5, 0.6) is 17.2 Å². The Morgan fingerprint density at radius 2 is 1.16 bits per heavy atom. The zero-order chi connectivity index (χ0) is 33.3. The largest absolute Gasteiger partial charge is 0.508 e. The number of hydrogen-bond acceptors (Lipinski definition) is 13. The van der Waals surface area contributed by atoms with Crippen LogP contribution in [0.2, 0.25) is 0 Å². The van der Waals surface area contributed by atoms with Gasteiger partial charge < -0.3 is 64.9 Å². The molecule has 0 amide bonds. The topological polar surface area (TPSA) is 219 Å². The van der Waals surface area contributed by atoms with Crippen molar-refractivity contribution >= 4 is 12.2 Å². The van der Waals surface area contributed by atoms with Crippen LogP contribution in [0.1, 0.15) is 38.8 Å². The predicted molar refractivity (Wildman–Crippen MR) is 160 cm³/mol. The van der Waals surface area contributed by atoms with Gasteiger partial charge in [0.1, 0.15) is 83.9 Å². The average Bonchev–Trinajstić information content (AvgIpc) is 2.97. The Morgan fingerprint density at radius 3 is 1.73 bits per heavy atom. The molecule has 0 saturated carbocycles. The van der Waals surface area contributed by atoms with Crippen LogP contribution in [0.3, 0.4) is 0 Å². The molecule has 10 atom stereocenters. The summed E-state index contributed by atoms with van der Waals surface area (Å²) in [6.45, 7) is 5.07. The fourth-order valence-corrected chi connectivity index (χ4v) is 5.82. The smallest absolute Gasteiger partial charge is 0.132 e. The van der Waals surface area contributed by atoms with E-state index < -0.39 is 85.5 Å². The van der Waals surface area contributed by atoms with E-state index in [-0.39, 0.29) is 11.5 Å². The van der Waals surface area contributed by atoms with Gasteiger partial charge in [-0.05, 0) is 63.1 Å². The molecule has 0 bridgehead atoms. The molecular weight excluding hydrogens is 592 g/mol. The van der Waals surface area contributed by atoms with Crippen LogP contribution in [-0.4, -0.2) is 131 Å². The summed E-state index contributed by atoms with van der Waals surface area (Å²) in [4.78, 5) is 0. The van der Waals surface area contributed by atoms with Crippen molar-refractivity contribution in [3.05, 3.63) is 53.6 Å². The molecule has 250 valence electrons. The monoisotopic (exact) mass is 636 g/mol. The maximum atomic E-state index is 11.2. The van der Waals surface area contributed by atoms with Gasteiger partial charge in [0.05, 0.1) is 18.8 Å². The van der Waals surface area contributed by atoms with Crippen molar-refractivity contribution in [3.8, 4) is 17.2 Å². The minimum atomic E-state index is -1.64. The number of ether oxygens (including phenoxy) is 4. The number of phenolic OH excluding ortho intramolecular Hbond substituents is 2. The third-order valence-corrected chi connectivity index (χ3v) is 8.22. The molecular formula is C32H44O13. The van der Waals surface area contributed by atoms with E-state index in [1.54, 1.807) is 50.3 Å². The van der Waals surface area contributed by atoms with Gasteiger partial charge in [-0.15, -0.1) is 0 Å². The van der Waals surface area contributed by atoms with Crippen LogP contribution in [0.15, 0.2) is 42.5 Å². The molecule has 2 aromatic carbocycles. The lowest BCUT2D eigenvalue weighted by Gasteiger charge is -2.51. The molecule has 13 nitrogen and oxygen atoms in total. The van der Waals surface area contributed by atoms with Crippen molar-refractivity contribution in [2.45, 2.75) is 99.9 Å². The SMILES string of the molecule is CC(C)(OC1C(CO)OC(C(C)(C)Oc2ccc(/C=C/c3cc(O)cc(O)c3)cc2)C(O)C1O)C1OC(CO)C(O)C(O)C1O. The fourth-order valence-electron chi connectivity index (χ4n) is 5.82. The van der Waals surface area contributed by atoms with Gasteiger partial charge in [-0.25, -0.2) is 0 Å². The lowest BCUT2D eigenvalue weighted by atomic mass is 9.84. The molecule has 0 radical (unpaired) electrons. The van der Waals surface area contributed by atoms with Crippen LogP contribution >= 0.6 is 0 Å². The Labute approximate surface area is 261 Å². The van der Waals surface area contributed by atoms with E-state index in [9.17, 15) is 46.0 Å². The molecule has 2 aliphatic rings. The van der Waals surface area contributed by atoms with E-state index in [1.807, 2.05) is 0 Å². The van der Waals surface area contributed by atoms with Crippen LogP contribution < -0.4 is 4.74 Å². The first-order valence-corrected chi connectivity index (χ1v) is 14.7. The number of rotatable bonds is 10. The highest BCUT2D eigenvalue weighted by atomic mass is 16.6. The highest BCUT2D eigenvalue weighted by Gasteiger charge is 2.55. The van der Waals surface area contributed by atoms with E-state index in [1.165, 1.54) is 32.0 Å². The third-order valence-electron chi connectivity index (χ3n) is 8.22. The summed E-state index contributed by atoms with van der Waals surface area (Å²) >= 11 is 0. The van der Waals surface area contributed by atoms with E-state index in [0.29, 0.717) is 11.3 Å². The molecule has 2 aromatic rings. The highest BCUT2D eigenvalue weighted by molar-refractivity contribution is 5.71. The Kier molecular flexibility index (Phi) is 10.8. The Bertz CT molecular complexity index is 1270. The van der Waals surface area contributed by atoms with Gasteiger partial charge in [-0.3, -0.25) is 0 Å². The normalized spacial score (nSPS) is 33.0. The van der Waals surface area contributed by atoms with Crippen LogP contribution in [0, 0.1) is 0 Å². The third kappa shape index (κ3) is 7.77. The lowest BCUT2D eigenvalue weighted by molar-refractivity contribution is -0.317. The first-order chi connectivity index (χ1) is 21.1. The maximum absolute atomic E-state index is 11.2. The lowest BCUT2D eigenvalue weighted by Crippen LogP contribution is -2.69.